The maximum Gasteiger partial charge on any atom is 0.0726 e. The van der Waals surface area contributed by atoms with E-state index < -0.39 is 0 Å². The molecule has 4 heteroatoms. The summed E-state index contributed by atoms with van der Waals surface area (Å²) in [4.78, 5) is 6.50. The second kappa shape index (κ2) is 5.02. The molecule has 1 aliphatic heterocycles. The van der Waals surface area contributed by atoms with Crippen molar-refractivity contribution in [3.63, 3.8) is 0 Å². The fraction of sp³-hybridized carbons (Fsp3) is 0.615. The standard InChI is InChI=1S/C13H20N2O2/c1-9-4-13(12(8-16)5-14-9)15-6-10(2)17-11(3)7-15/h4-5,10-11,16H,6-8H2,1-3H3. The number of nitrogens with zero attached hydrogens (tertiary/aromatic N) is 2. The topological polar surface area (TPSA) is 45.6 Å². The van der Waals surface area contributed by atoms with Gasteiger partial charge in [0.05, 0.1) is 18.8 Å². The number of anilines is 1. The highest BCUT2D eigenvalue weighted by Crippen LogP contribution is 2.24. The van der Waals surface area contributed by atoms with Crippen LogP contribution in [0, 0.1) is 6.92 Å². The lowest BCUT2D eigenvalue weighted by molar-refractivity contribution is -0.00532. The molecule has 17 heavy (non-hydrogen) atoms. The van der Waals surface area contributed by atoms with Gasteiger partial charge in [0.2, 0.25) is 0 Å². The number of pyridine rings is 1. The summed E-state index contributed by atoms with van der Waals surface area (Å²) >= 11 is 0. The predicted octanol–water partition coefficient (Wildman–Crippen LogP) is 1.50. The van der Waals surface area contributed by atoms with E-state index in [1.807, 2.05) is 13.0 Å². The molecule has 0 aromatic carbocycles. The minimum absolute atomic E-state index is 0.0305. The van der Waals surface area contributed by atoms with E-state index in [2.05, 4.69) is 23.7 Å². The number of ether oxygens (including phenoxy) is 1. The van der Waals surface area contributed by atoms with Crippen molar-refractivity contribution in [2.45, 2.75) is 39.6 Å². The predicted molar refractivity (Wildman–Crippen MR) is 67.1 cm³/mol. The Morgan fingerprint density at radius 2 is 2.06 bits per heavy atom. The summed E-state index contributed by atoms with van der Waals surface area (Å²) in [7, 11) is 0. The van der Waals surface area contributed by atoms with Gasteiger partial charge in [-0.3, -0.25) is 4.98 Å². The molecule has 0 amide bonds. The monoisotopic (exact) mass is 236 g/mol. The summed E-state index contributed by atoms with van der Waals surface area (Å²) in [5, 5.41) is 9.37. The SMILES string of the molecule is Cc1cc(N2CC(C)OC(C)C2)c(CO)cn1. The summed E-state index contributed by atoms with van der Waals surface area (Å²) in [6.07, 6.45) is 2.20. The Bertz CT molecular complexity index is 385. The highest BCUT2D eigenvalue weighted by molar-refractivity contribution is 5.54. The third-order valence-corrected chi connectivity index (χ3v) is 3.03. The molecular formula is C13H20N2O2. The van der Waals surface area contributed by atoms with Crippen LogP contribution < -0.4 is 4.90 Å². The molecule has 1 aromatic heterocycles. The molecule has 1 N–H and O–H groups in total. The van der Waals surface area contributed by atoms with Gasteiger partial charge in [-0.25, -0.2) is 0 Å². The van der Waals surface area contributed by atoms with Crippen LogP contribution in [0.4, 0.5) is 5.69 Å². The van der Waals surface area contributed by atoms with Crippen molar-refractivity contribution in [2.75, 3.05) is 18.0 Å². The summed E-state index contributed by atoms with van der Waals surface area (Å²) in [6.45, 7) is 7.88. The van der Waals surface area contributed by atoms with Crippen LogP contribution in [0.1, 0.15) is 25.1 Å². The van der Waals surface area contributed by atoms with E-state index in [0.29, 0.717) is 0 Å². The molecule has 2 rings (SSSR count). The Morgan fingerprint density at radius 3 is 2.65 bits per heavy atom. The number of morpholine rings is 1. The van der Waals surface area contributed by atoms with Gasteiger partial charge in [0.15, 0.2) is 0 Å². The fourth-order valence-corrected chi connectivity index (χ4v) is 2.36. The number of hydrogen-bond acceptors (Lipinski definition) is 4. The highest BCUT2D eigenvalue weighted by atomic mass is 16.5. The molecule has 0 bridgehead atoms. The molecule has 1 aromatic rings. The Kier molecular flexibility index (Phi) is 3.64. The average Bonchev–Trinajstić information content (AvgIpc) is 2.27. The molecule has 0 spiro atoms. The lowest BCUT2D eigenvalue weighted by atomic mass is 10.1. The third-order valence-electron chi connectivity index (χ3n) is 3.03. The minimum atomic E-state index is 0.0305. The molecular weight excluding hydrogens is 216 g/mol. The molecule has 0 saturated carbocycles. The number of aliphatic hydroxyl groups excluding tert-OH is 1. The van der Waals surface area contributed by atoms with Crippen molar-refractivity contribution in [3.05, 3.63) is 23.5 Å². The lowest BCUT2D eigenvalue weighted by Gasteiger charge is -2.37. The van der Waals surface area contributed by atoms with E-state index in [0.717, 1.165) is 30.0 Å². The van der Waals surface area contributed by atoms with Gasteiger partial charge in [0.1, 0.15) is 0 Å². The zero-order valence-corrected chi connectivity index (χ0v) is 10.7. The molecule has 2 heterocycles. The van der Waals surface area contributed by atoms with Gasteiger partial charge in [-0.1, -0.05) is 0 Å². The van der Waals surface area contributed by atoms with E-state index in [1.165, 1.54) is 0 Å². The number of aryl methyl sites for hydroxylation is 1. The maximum absolute atomic E-state index is 9.37. The molecule has 0 radical (unpaired) electrons. The van der Waals surface area contributed by atoms with Gasteiger partial charge >= 0.3 is 0 Å². The van der Waals surface area contributed by atoms with Crippen molar-refractivity contribution in [3.8, 4) is 0 Å². The van der Waals surface area contributed by atoms with Crippen molar-refractivity contribution in [2.24, 2.45) is 0 Å². The Balaban J connectivity index is 2.28. The first-order chi connectivity index (χ1) is 8.10. The fourth-order valence-electron chi connectivity index (χ4n) is 2.36. The highest BCUT2D eigenvalue weighted by Gasteiger charge is 2.23. The third kappa shape index (κ3) is 2.76. The van der Waals surface area contributed by atoms with Gasteiger partial charge in [-0.15, -0.1) is 0 Å². The zero-order valence-electron chi connectivity index (χ0n) is 10.7. The van der Waals surface area contributed by atoms with Crippen molar-refractivity contribution in [1.82, 2.24) is 4.98 Å². The van der Waals surface area contributed by atoms with E-state index in [-0.39, 0.29) is 18.8 Å². The molecule has 4 nitrogen and oxygen atoms in total. The van der Waals surface area contributed by atoms with E-state index >= 15 is 0 Å². The summed E-state index contributed by atoms with van der Waals surface area (Å²) in [6, 6.07) is 2.04. The van der Waals surface area contributed by atoms with Gasteiger partial charge in [-0.05, 0) is 26.8 Å². The van der Waals surface area contributed by atoms with E-state index in [9.17, 15) is 5.11 Å². The van der Waals surface area contributed by atoms with Crippen LogP contribution in [0.25, 0.3) is 0 Å². The van der Waals surface area contributed by atoms with Gasteiger partial charge < -0.3 is 14.7 Å². The van der Waals surface area contributed by atoms with Crippen LogP contribution >= 0.6 is 0 Å². The number of aromatic nitrogens is 1. The second-order valence-corrected chi connectivity index (χ2v) is 4.77. The van der Waals surface area contributed by atoms with Crippen LogP contribution in [-0.2, 0) is 11.3 Å². The van der Waals surface area contributed by atoms with Crippen molar-refractivity contribution >= 4 is 5.69 Å². The normalized spacial score (nSPS) is 25.1. The number of hydrogen-bond donors (Lipinski definition) is 1. The Hall–Kier alpha value is -1.13. The number of aliphatic hydroxyl groups is 1. The smallest absolute Gasteiger partial charge is 0.0726 e. The molecule has 1 saturated heterocycles. The van der Waals surface area contributed by atoms with E-state index in [4.69, 9.17) is 4.74 Å². The van der Waals surface area contributed by atoms with Crippen LogP contribution in [0.2, 0.25) is 0 Å². The average molecular weight is 236 g/mol. The quantitative estimate of drug-likeness (QED) is 0.845. The van der Waals surface area contributed by atoms with Crippen LogP contribution in [0.3, 0.4) is 0 Å². The summed E-state index contributed by atoms with van der Waals surface area (Å²) in [5.74, 6) is 0. The van der Waals surface area contributed by atoms with Gasteiger partial charge in [-0.2, -0.15) is 0 Å². The maximum atomic E-state index is 9.37. The minimum Gasteiger partial charge on any atom is -0.392 e. The zero-order chi connectivity index (χ0) is 12.4. The Labute approximate surface area is 102 Å². The Morgan fingerprint density at radius 1 is 1.41 bits per heavy atom. The molecule has 2 unspecified atom stereocenters. The number of rotatable bonds is 2. The van der Waals surface area contributed by atoms with Crippen LogP contribution in [0.5, 0.6) is 0 Å². The lowest BCUT2D eigenvalue weighted by Crippen LogP contribution is -2.45. The molecule has 94 valence electrons. The van der Waals surface area contributed by atoms with Crippen LogP contribution in [0.15, 0.2) is 12.3 Å². The van der Waals surface area contributed by atoms with Crippen molar-refractivity contribution < 1.29 is 9.84 Å². The van der Waals surface area contributed by atoms with E-state index in [1.54, 1.807) is 6.20 Å². The van der Waals surface area contributed by atoms with Crippen LogP contribution in [-0.4, -0.2) is 35.4 Å². The molecule has 1 aliphatic rings. The first kappa shape index (κ1) is 12.3. The van der Waals surface area contributed by atoms with Gasteiger partial charge in [0.25, 0.3) is 0 Å². The van der Waals surface area contributed by atoms with Crippen molar-refractivity contribution in [1.29, 1.82) is 0 Å². The summed E-state index contributed by atoms with van der Waals surface area (Å²) < 4.78 is 5.72. The molecule has 1 fully saturated rings. The molecule has 0 aliphatic carbocycles. The second-order valence-electron chi connectivity index (χ2n) is 4.77. The van der Waals surface area contributed by atoms with Gasteiger partial charge in [0, 0.05) is 36.2 Å². The largest absolute Gasteiger partial charge is 0.392 e. The molecule has 2 atom stereocenters. The summed E-state index contributed by atoms with van der Waals surface area (Å²) in [5.41, 5.74) is 2.95. The first-order valence-electron chi connectivity index (χ1n) is 6.07. The first-order valence-corrected chi connectivity index (χ1v) is 6.07.